The third-order valence-electron chi connectivity index (χ3n) is 8.21. The molecule has 0 heterocycles. The fourth-order valence-electron chi connectivity index (χ4n) is 6.84. The van der Waals surface area contributed by atoms with Gasteiger partial charge in [-0.1, -0.05) is 19.0 Å². The van der Waals surface area contributed by atoms with Crippen LogP contribution in [0.4, 0.5) is 0 Å². The Morgan fingerprint density at radius 3 is 2.57 bits per heavy atom. The molecule has 0 radical (unpaired) electrons. The van der Waals surface area contributed by atoms with Gasteiger partial charge in [0, 0.05) is 36.0 Å². The standard InChI is InChI=1S/C21H27N3O4/c1-11(25)28-19-17-13-4-5-16(27)21(13,3)9-7-14(17)20(2)8-6-12(26)10-15(20)18(19)23-24-22/h10,13-14,17-19H,4-9H2,1-3H3/t13-,14-,17-,18?,19-,20+,21-/m0/s1. The average Bonchev–Trinajstić information content (AvgIpc) is 2.94. The van der Waals surface area contributed by atoms with Crippen molar-refractivity contribution >= 4 is 17.5 Å². The number of esters is 1. The number of carbonyl (C=O) groups is 3. The Morgan fingerprint density at radius 2 is 1.89 bits per heavy atom. The second-order valence-electron chi connectivity index (χ2n) is 9.42. The first-order chi connectivity index (χ1) is 13.2. The molecule has 0 amide bonds. The van der Waals surface area contributed by atoms with Gasteiger partial charge in [0.1, 0.15) is 11.9 Å². The van der Waals surface area contributed by atoms with Crippen molar-refractivity contribution in [1.82, 2.24) is 0 Å². The topological polar surface area (TPSA) is 109 Å². The SMILES string of the molecule is CC(=O)O[C@@H]1C(N=[N+]=[N-])C2=CC(=O)CC[C@]2(C)[C@H]2CC[C@]3(C)C(=O)CC[C@H]3[C@H]12. The summed E-state index contributed by atoms with van der Waals surface area (Å²) < 4.78 is 5.78. The summed E-state index contributed by atoms with van der Waals surface area (Å²) in [5, 5.41) is 4.03. The fourth-order valence-corrected chi connectivity index (χ4v) is 6.84. The van der Waals surface area contributed by atoms with Gasteiger partial charge in [-0.3, -0.25) is 14.4 Å². The highest BCUT2D eigenvalue weighted by atomic mass is 16.5. The molecule has 0 saturated heterocycles. The minimum absolute atomic E-state index is 0.0299. The van der Waals surface area contributed by atoms with Gasteiger partial charge in [-0.05, 0) is 60.1 Å². The van der Waals surface area contributed by atoms with Crippen LogP contribution >= 0.6 is 0 Å². The molecule has 0 N–H and O–H groups in total. The molecule has 4 aliphatic rings. The van der Waals surface area contributed by atoms with Gasteiger partial charge in [-0.15, -0.1) is 0 Å². The van der Waals surface area contributed by atoms with Crippen LogP contribution in [-0.4, -0.2) is 29.7 Å². The van der Waals surface area contributed by atoms with E-state index in [0.717, 1.165) is 24.8 Å². The van der Waals surface area contributed by atoms with Gasteiger partial charge in [0.15, 0.2) is 5.78 Å². The van der Waals surface area contributed by atoms with Gasteiger partial charge in [-0.2, -0.15) is 0 Å². The second-order valence-corrected chi connectivity index (χ2v) is 9.42. The van der Waals surface area contributed by atoms with Crippen LogP contribution in [0.3, 0.4) is 0 Å². The van der Waals surface area contributed by atoms with E-state index in [1.54, 1.807) is 6.08 Å². The molecule has 0 aromatic carbocycles. The fraction of sp³-hybridized carbons (Fsp3) is 0.762. The summed E-state index contributed by atoms with van der Waals surface area (Å²) in [6.07, 6.45) is 5.21. The molecule has 0 spiro atoms. The van der Waals surface area contributed by atoms with Crippen molar-refractivity contribution in [2.75, 3.05) is 0 Å². The minimum Gasteiger partial charge on any atom is -0.461 e. The van der Waals surface area contributed by atoms with E-state index in [-0.39, 0.29) is 29.0 Å². The van der Waals surface area contributed by atoms with Crippen molar-refractivity contribution in [3.8, 4) is 0 Å². The Labute approximate surface area is 164 Å². The number of ketones is 2. The summed E-state index contributed by atoms with van der Waals surface area (Å²) in [6.45, 7) is 5.57. The number of rotatable bonds is 2. The average molecular weight is 385 g/mol. The van der Waals surface area contributed by atoms with Gasteiger partial charge in [-0.25, -0.2) is 0 Å². The van der Waals surface area contributed by atoms with Gasteiger partial charge < -0.3 is 4.74 Å². The molecule has 7 atom stereocenters. The van der Waals surface area contributed by atoms with Crippen molar-refractivity contribution in [2.24, 2.45) is 33.7 Å². The highest BCUT2D eigenvalue weighted by Crippen LogP contribution is 2.65. The molecule has 0 aromatic rings. The van der Waals surface area contributed by atoms with E-state index in [1.165, 1.54) is 6.92 Å². The molecule has 28 heavy (non-hydrogen) atoms. The summed E-state index contributed by atoms with van der Waals surface area (Å²) in [4.78, 5) is 39.9. The molecule has 7 nitrogen and oxygen atoms in total. The number of hydrogen-bond donors (Lipinski definition) is 0. The smallest absolute Gasteiger partial charge is 0.302 e. The Balaban J connectivity index is 1.89. The third-order valence-corrected chi connectivity index (χ3v) is 8.21. The van der Waals surface area contributed by atoms with Crippen LogP contribution in [0.15, 0.2) is 16.8 Å². The molecule has 7 heteroatoms. The van der Waals surface area contributed by atoms with Gasteiger partial charge >= 0.3 is 5.97 Å². The van der Waals surface area contributed by atoms with E-state index in [0.29, 0.717) is 25.0 Å². The van der Waals surface area contributed by atoms with E-state index >= 15 is 0 Å². The number of nitrogens with zero attached hydrogens (tertiary/aromatic N) is 3. The maximum Gasteiger partial charge on any atom is 0.302 e. The number of hydrogen-bond acceptors (Lipinski definition) is 5. The van der Waals surface area contributed by atoms with Crippen LogP contribution in [0.5, 0.6) is 0 Å². The first kappa shape index (κ1) is 19.2. The molecule has 0 aromatic heterocycles. The van der Waals surface area contributed by atoms with Gasteiger partial charge in [0.2, 0.25) is 0 Å². The van der Waals surface area contributed by atoms with Crippen molar-refractivity contribution in [1.29, 1.82) is 0 Å². The summed E-state index contributed by atoms with van der Waals surface area (Å²) in [7, 11) is 0. The van der Waals surface area contributed by atoms with Gasteiger partial charge in [0.25, 0.3) is 0 Å². The van der Waals surface area contributed by atoms with Crippen LogP contribution in [0.2, 0.25) is 0 Å². The van der Waals surface area contributed by atoms with Crippen LogP contribution in [0.1, 0.15) is 59.3 Å². The van der Waals surface area contributed by atoms with E-state index in [9.17, 15) is 19.9 Å². The minimum atomic E-state index is -0.692. The molecule has 1 unspecified atom stereocenters. The van der Waals surface area contributed by atoms with Crippen LogP contribution in [-0.2, 0) is 19.1 Å². The van der Waals surface area contributed by atoms with Crippen molar-refractivity contribution in [3.05, 3.63) is 22.1 Å². The number of carbonyl (C=O) groups excluding carboxylic acids is 3. The molecular weight excluding hydrogens is 358 g/mol. The second kappa shape index (κ2) is 6.45. The van der Waals surface area contributed by atoms with Crippen molar-refractivity contribution in [3.63, 3.8) is 0 Å². The molecule has 4 rings (SSSR count). The zero-order valence-electron chi connectivity index (χ0n) is 16.7. The summed E-state index contributed by atoms with van der Waals surface area (Å²) >= 11 is 0. The summed E-state index contributed by atoms with van der Waals surface area (Å²) in [5.41, 5.74) is 9.37. The third kappa shape index (κ3) is 2.55. The highest BCUT2D eigenvalue weighted by molar-refractivity contribution is 5.92. The number of Topliss-reactive ketones (excluding diaryl/α,β-unsaturated/α-hetero) is 1. The van der Waals surface area contributed by atoms with Crippen LogP contribution in [0.25, 0.3) is 10.4 Å². The quantitative estimate of drug-likeness (QED) is 0.310. The molecule has 0 bridgehead atoms. The predicted octanol–water partition coefficient (Wildman–Crippen LogP) is 3.92. The maximum absolute atomic E-state index is 12.7. The summed E-state index contributed by atoms with van der Waals surface area (Å²) in [6, 6.07) is -0.692. The van der Waals surface area contributed by atoms with Crippen LogP contribution in [0, 0.1) is 28.6 Å². The normalized spacial score (nSPS) is 44.5. The molecular formula is C21H27N3O4. The molecule has 3 fully saturated rings. The molecule has 0 aliphatic heterocycles. The Morgan fingerprint density at radius 1 is 1.18 bits per heavy atom. The van der Waals surface area contributed by atoms with E-state index in [2.05, 4.69) is 23.9 Å². The van der Waals surface area contributed by atoms with Crippen molar-refractivity contribution in [2.45, 2.75) is 71.4 Å². The van der Waals surface area contributed by atoms with E-state index < -0.39 is 23.5 Å². The number of fused-ring (bicyclic) bond motifs is 5. The Hall–Kier alpha value is -2.14. The zero-order valence-corrected chi connectivity index (χ0v) is 16.7. The molecule has 4 aliphatic carbocycles. The largest absolute Gasteiger partial charge is 0.461 e. The summed E-state index contributed by atoms with van der Waals surface area (Å²) in [5.74, 6) is 0.163. The first-order valence-electron chi connectivity index (χ1n) is 10.2. The zero-order chi connectivity index (χ0) is 20.3. The Kier molecular flexibility index (Phi) is 4.42. The predicted molar refractivity (Wildman–Crippen MR) is 101 cm³/mol. The first-order valence-corrected chi connectivity index (χ1v) is 10.2. The van der Waals surface area contributed by atoms with E-state index in [4.69, 9.17) is 4.74 Å². The lowest BCUT2D eigenvalue weighted by Crippen LogP contribution is -2.60. The van der Waals surface area contributed by atoms with Crippen molar-refractivity contribution < 1.29 is 19.1 Å². The van der Waals surface area contributed by atoms with E-state index in [1.807, 2.05) is 0 Å². The Bertz CT molecular complexity index is 830. The lowest BCUT2D eigenvalue weighted by atomic mass is 9.46. The number of ether oxygens (including phenoxy) is 1. The van der Waals surface area contributed by atoms with Crippen LogP contribution < -0.4 is 0 Å². The monoisotopic (exact) mass is 385 g/mol. The lowest BCUT2D eigenvalue weighted by Gasteiger charge is -2.60. The highest BCUT2D eigenvalue weighted by Gasteiger charge is 2.64. The number of azide groups is 1. The lowest BCUT2D eigenvalue weighted by molar-refractivity contribution is -0.168. The molecule has 3 saturated carbocycles. The molecule has 150 valence electrons. The van der Waals surface area contributed by atoms with Gasteiger partial charge in [0.05, 0.1) is 6.04 Å². The maximum atomic E-state index is 12.7.